The van der Waals surface area contributed by atoms with Gasteiger partial charge < -0.3 is 9.47 Å². The summed E-state index contributed by atoms with van der Waals surface area (Å²) in [6, 6.07) is 6.87. The van der Waals surface area contributed by atoms with E-state index in [-0.39, 0.29) is 12.1 Å². The zero-order chi connectivity index (χ0) is 16.0. The Kier molecular flexibility index (Phi) is 4.05. The summed E-state index contributed by atoms with van der Waals surface area (Å²) in [5.74, 6) is -0.632. The summed E-state index contributed by atoms with van der Waals surface area (Å²) >= 11 is 0. The molecule has 0 radical (unpaired) electrons. The van der Waals surface area contributed by atoms with Crippen molar-refractivity contribution in [3.05, 3.63) is 29.8 Å². The average Bonchev–Trinajstić information content (AvgIpc) is 3.05. The lowest BCUT2D eigenvalue weighted by Crippen LogP contribution is -2.44. The molecule has 0 bridgehead atoms. The molecule has 3 rings (SSSR count). The molecular formula is C16H23NO4S. The molecule has 22 heavy (non-hydrogen) atoms. The number of hydrogen-bond acceptors (Lipinski definition) is 4. The Bertz CT molecular complexity index is 639. The maximum absolute atomic E-state index is 12.9. The number of hydrogen-bond donors (Lipinski definition) is 0. The minimum atomic E-state index is -3.48. The first-order valence-electron chi connectivity index (χ1n) is 7.70. The van der Waals surface area contributed by atoms with Gasteiger partial charge in [0.15, 0.2) is 5.79 Å². The highest BCUT2D eigenvalue weighted by Gasteiger charge is 2.45. The van der Waals surface area contributed by atoms with Gasteiger partial charge in [0.2, 0.25) is 10.0 Å². The van der Waals surface area contributed by atoms with Crippen LogP contribution in [-0.2, 0) is 19.5 Å². The van der Waals surface area contributed by atoms with Gasteiger partial charge in [-0.3, -0.25) is 0 Å². The van der Waals surface area contributed by atoms with Crippen LogP contribution in [-0.4, -0.2) is 43.8 Å². The van der Waals surface area contributed by atoms with Gasteiger partial charge in [-0.1, -0.05) is 17.7 Å². The summed E-state index contributed by atoms with van der Waals surface area (Å²) < 4.78 is 38.9. The molecule has 5 nitrogen and oxygen atoms in total. The zero-order valence-corrected chi connectivity index (χ0v) is 14.1. The molecule has 2 atom stereocenters. The lowest BCUT2D eigenvalue weighted by molar-refractivity contribution is -0.143. The number of sulfonamides is 1. The third-order valence-electron chi connectivity index (χ3n) is 4.34. The Morgan fingerprint density at radius 3 is 2.50 bits per heavy atom. The van der Waals surface area contributed by atoms with Crippen molar-refractivity contribution in [3.8, 4) is 0 Å². The Labute approximate surface area is 132 Å². The van der Waals surface area contributed by atoms with E-state index in [0.717, 1.165) is 18.4 Å². The summed E-state index contributed by atoms with van der Waals surface area (Å²) in [4.78, 5) is 0.350. The van der Waals surface area contributed by atoms with Crippen LogP contribution in [0.3, 0.4) is 0 Å². The number of nitrogens with zero attached hydrogens (tertiary/aromatic N) is 1. The number of aryl methyl sites for hydroxylation is 1. The second-order valence-corrected chi connectivity index (χ2v) is 8.40. The van der Waals surface area contributed by atoms with Gasteiger partial charge in [0.1, 0.15) is 6.10 Å². The molecule has 0 aliphatic carbocycles. The largest absolute Gasteiger partial charge is 0.348 e. The van der Waals surface area contributed by atoms with Crippen molar-refractivity contribution < 1.29 is 17.9 Å². The number of rotatable bonds is 3. The molecule has 0 aromatic heterocycles. The monoisotopic (exact) mass is 325 g/mol. The van der Waals surface area contributed by atoms with Gasteiger partial charge in [-0.15, -0.1) is 0 Å². The highest BCUT2D eigenvalue weighted by molar-refractivity contribution is 7.89. The molecular weight excluding hydrogens is 302 g/mol. The van der Waals surface area contributed by atoms with E-state index in [1.54, 1.807) is 16.4 Å². The van der Waals surface area contributed by atoms with Crippen LogP contribution in [0.4, 0.5) is 0 Å². The van der Waals surface area contributed by atoms with Crippen LogP contribution < -0.4 is 0 Å². The predicted octanol–water partition coefficient (Wildman–Crippen LogP) is 2.30. The predicted molar refractivity (Wildman–Crippen MR) is 83.0 cm³/mol. The van der Waals surface area contributed by atoms with E-state index >= 15 is 0 Å². The van der Waals surface area contributed by atoms with Crippen LogP contribution in [0.25, 0.3) is 0 Å². The molecule has 2 heterocycles. The fourth-order valence-corrected chi connectivity index (χ4v) is 4.90. The fourth-order valence-electron chi connectivity index (χ4n) is 3.19. The first kappa shape index (κ1) is 15.9. The first-order chi connectivity index (χ1) is 10.3. The standard InChI is InChI=1S/C16H23NO4S/c1-12-6-8-13(9-7-12)22(18,19)17-10-4-5-14(17)15-11-20-16(2,3)21-15/h6-9,14-15H,4-5,10-11H2,1-3H3/t14-,15+/m0/s1. The normalized spacial score (nSPS) is 29.0. The Morgan fingerprint density at radius 1 is 1.23 bits per heavy atom. The summed E-state index contributed by atoms with van der Waals surface area (Å²) in [6.07, 6.45) is 1.48. The van der Waals surface area contributed by atoms with Gasteiger partial charge in [0.25, 0.3) is 0 Å². The first-order valence-corrected chi connectivity index (χ1v) is 9.14. The van der Waals surface area contributed by atoms with Crippen LogP contribution in [0, 0.1) is 6.92 Å². The van der Waals surface area contributed by atoms with E-state index < -0.39 is 15.8 Å². The molecule has 1 aromatic carbocycles. The van der Waals surface area contributed by atoms with Crippen molar-refractivity contribution in [1.29, 1.82) is 0 Å². The minimum absolute atomic E-state index is 0.145. The third-order valence-corrected chi connectivity index (χ3v) is 6.27. The molecule has 1 aromatic rings. The van der Waals surface area contributed by atoms with Crippen molar-refractivity contribution in [2.45, 2.75) is 56.4 Å². The molecule has 6 heteroatoms. The molecule has 0 amide bonds. The summed E-state index contributed by atoms with van der Waals surface area (Å²) in [7, 11) is -3.48. The average molecular weight is 325 g/mol. The van der Waals surface area contributed by atoms with Crippen molar-refractivity contribution in [2.75, 3.05) is 13.2 Å². The maximum atomic E-state index is 12.9. The van der Waals surface area contributed by atoms with Gasteiger partial charge >= 0.3 is 0 Å². The Morgan fingerprint density at radius 2 is 1.91 bits per heavy atom. The SMILES string of the molecule is Cc1ccc(S(=O)(=O)N2CCC[C@H]2[C@H]2COC(C)(C)O2)cc1. The molecule has 0 saturated carbocycles. The van der Waals surface area contributed by atoms with E-state index in [1.165, 1.54) is 0 Å². The van der Waals surface area contributed by atoms with Crippen molar-refractivity contribution in [3.63, 3.8) is 0 Å². The van der Waals surface area contributed by atoms with Gasteiger partial charge in [-0.2, -0.15) is 4.31 Å². The Balaban J connectivity index is 1.85. The third kappa shape index (κ3) is 2.93. The summed E-state index contributed by atoms with van der Waals surface area (Å²) in [6.45, 7) is 6.65. The fraction of sp³-hybridized carbons (Fsp3) is 0.625. The summed E-state index contributed by atoms with van der Waals surface area (Å²) in [5, 5.41) is 0. The topological polar surface area (TPSA) is 55.8 Å². The molecule has 0 spiro atoms. The Hall–Kier alpha value is -0.950. The highest BCUT2D eigenvalue weighted by Crippen LogP contribution is 2.34. The molecule has 0 N–H and O–H groups in total. The maximum Gasteiger partial charge on any atom is 0.243 e. The van der Waals surface area contributed by atoms with Gasteiger partial charge in [-0.25, -0.2) is 8.42 Å². The van der Waals surface area contributed by atoms with Crippen molar-refractivity contribution in [2.24, 2.45) is 0 Å². The van der Waals surface area contributed by atoms with Crippen LogP contribution in [0.1, 0.15) is 32.3 Å². The zero-order valence-electron chi connectivity index (χ0n) is 13.3. The molecule has 0 unspecified atom stereocenters. The van der Waals surface area contributed by atoms with E-state index in [0.29, 0.717) is 18.0 Å². The van der Waals surface area contributed by atoms with Crippen molar-refractivity contribution in [1.82, 2.24) is 4.31 Å². The van der Waals surface area contributed by atoms with E-state index in [9.17, 15) is 8.42 Å². The summed E-state index contributed by atoms with van der Waals surface area (Å²) in [5.41, 5.74) is 1.05. The quantitative estimate of drug-likeness (QED) is 0.856. The molecule has 2 saturated heterocycles. The van der Waals surface area contributed by atoms with Gasteiger partial charge in [0.05, 0.1) is 17.5 Å². The van der Waals surface area contributed by atoms with Crippen molar-refractivity contribution >= 4 is 10.0 Å². The lowest BCUT2D eigenvalue weighted by Gasteiger charge is -2.28. The van der Waals surface area contributed by atoms with Gasteiger partial charge in [-0.05, 0) is 45.7 Å². The molecule has 122 valence electrons. The van der Waals surface area contributed by atoms with Gasteiger partial charge in [0, 0.05) is 6.54 Å². The smallest absolute Gasteiger partial charge is 0.243 e. The molecule has 2 fully saturated rings. The van der Waals surface area contributed by atoms with E-state index in [2.05, 4.69) is 0 Å². The molecule has 2 aliphatic heterocycles. The lowest BCUT2D eigenvalue weighted by atomic mass is 10.1. The van der Waals surface area contributed by atoms with Crippen LogP contribution in [0.15, 0.2) is 29.2 Å². The number of ether oxygens (including phenoxy) is 2. The molecule has 2 aliphatic rings. The minimum Gasteiger partial charge on any atom is -0.348 e. The van der Waals surface area contributed by atoms with Crippen LogP contribution >= 0.6 is 0 Å². The number of benzene rings is 1. The van der Waals surface area contributed by atoms with E-state index in [4.69, 9.17) is 9.47 Å². The second-order valence-electron chi connectivity index (χ2n) is 6.51. The van der Waals surface area contributed by atoms with E-state index in [1.807, 2.05) is 32.9 Å². The van der Waals surface area contributed by atoms with Crippen LogP contribution in [0.2, 0.25) is 0 Å². The van der Waals surface area contributed by atoms with Crippen LogP contribution in [0.5, 0.6) is 0 Å². The second kappa shape index (κ2) is 5.60. The highest BCUT2D eigenvalue weighted by atomic mass is 32.2.